The average molecular weight is 298 g/mol. The second-order valence-electron chi connectivity index (χ2n) is 5.73. The number of likely N-dealkylation sites (N-methyl/N-ethyl adjacent to an activating group) is 1. The van der Waals surface area contributed by atoms with Crippen molar-refractivity contribution in [2.75, 3.05) is 20.1 Å². The fourth-order valence-electron chi connectivity index (χ4n) is 3.30. The molecule has 2 atom stereocenters. The van der Waals surface area contributed by atoms with Crippen molar-refractivity contribution in [2.24, 2.45) is 0 Å². The van der Waals surface area contributed by atoms with Crippen molar-refractivity contribution in [3.63, 3.8) is 0 Å². The highest BCUT2D eigenvalue weighted by atomic mass is 35.5. The first kappa shape index (κ1) is 13.8. The Bertz CT molecular complexity index is 491. The summed E-state index contributed by atoms with van der Waals surface area (Å²) in [4.78, 5) is 20.8. The molecule has 1 aromatic rings. The van der Waals surface area contributed by atoms with E-state index in [1.807, 2.05) is 4.90 Å². The monoisotopic (exact) mass is 297 g/mol. The van der Waals surface area contributed by atoms with Gasteiger partial charge in [-0.25, -0.2) is 4.98 Å². The highest BCUT2D eigenvalue weighted by Gasteiger charge is 2.35. The van der Waals surface area contributed by atoms with Crippen LogP contribution in [0.4, 0.5) is 0 Å². The molecule has 1 N–H and O–H groups in total. The number of halogens is 1. The van der Waals surface area contributed by atoms with E-state index < -0.39 is 0 Å². The van der Waals surface area contributed by atoms with Gasteiger partial charge in [0.05, 0.1) is 0 Å². The number of carbonyl (C=O) groups excluding carboxylic acids is 1. The molecule has 3 heterocycles. The van der Waals surface area contributed by atoms with Crippen molar-refractivity contribution in [3.8, 4) is 0 Å². The highest BCUT2D eigenvalue weighted by molar-refractivity contribution is 6.28. The molecular weight excluding hydrogens is 278 g/mol. The maximum absolute atomic E-state index is 12.3. The third-order valence-corrected chi connectivity index (χ3v) is 4.75. The molecule has 3 rings (SSSR count). The Morgan fingerprint density at radius 1 is 1.40 bits per heavy atom. The molecule has 6 nitrogen and oxygen atoms in total. The van der Waals surface area contributed by atoms with Crippen LogP contribution in [-0.2, 0) is 11.2 Å². The average Bonchev–Trinajstić information content (AvgIpc) is 2.91. The molecule has 7 heteroatoms. The van der Waals surface area contributed by atoms with Crippen molar-refractivity contribution >= 4 is 17.5 Å². The lowest BCUT2D eigenvalue weighted by Gasteiger charge is -2.25. The minimum atomic E-state index is 0.207. The van der Waals surface area contributed by atoms with Gasteiger partial charge >= 0.3 is 0 Å². The van der Waals surface area contributed by atoms with Gasteiger partial charge in [0.15, 0.2) is 0 Å². The van der Waals surface area contributed by atoms with Crippen LogP contribution in [0.5, 0.6) is 0 Å². The molecule has 0 aromatic carbocycles. The Morgan fingerprint density at radius 3 is 2.95 bits per heavy atom. The number of carbonyl (C=O) groups is 1. The van der Waals surface area contributed by atoms with E-state index in [9.17, 15) is 4.79 Å². The molecule has 2 bridgehead atoms. The molecule has 1 aromatic heterocycles. The van der Waals surface area contributed by atoms with Gasteiger partial charge in [-0.1, -0.05) is 0 Å². The first-order chi connectivity index (χ1) is 9.63. The Hall–Kier alpha value is -1.14. The number of rotatable bonds is 3. The fourth-order valence-corrected chi connectivity index (χ4v) is 3.45. The number of H-pyrrole nitrogens is 1. The summed E-state index contributed by atoms with van der Waals surface area (Å²) in [6.45, 7) is 1.74. The lowest BCUT2D eigenvalue weighted by Crippen LogP contribution is -2.39. The predicted molar refractivity (Wildman–Crippen MR) is 75.5 cm³/mol. The number of fused-ring (bicyclic) bond motifs is 2. The number of aromatic nitrogens is 3. The highest BCUT2D eigenvalue weighted by Crippen LogP contribution is 2.28. The number of amides is 1. The van der Waals surface area contributed by atoms with Crippen molar-refractivity contribution in [2.45, 2.75) is 44.2 Å². The van der Waals surface area contributed by atoms with Crippen LogP contribution < -0.4 is 0 Å². The quantitative estimate of drug-likeness (QED) is 0.907. The predicted octanol–water partition coefficient (Wildman–Crippen LogP) is 1.09. The second-order valence-corrected chi connectivity index (χ2v) is 6.07. The van der Waals surface area contributed by atoms with Crippen LogP contribution in [0.25, 0.3) is 0 Å². The molecule has 2 aliphatic heterocycles. The van der Waals surface area contributed by atoms with Crippen LogP contribution in [-0.4, -0.2) is 63.1 Å². The van der Waals surface area contributed by atoms with Crippen LogP contribution in [0.15, 0.2) is 0 Å². The number of nitrogens with one attached hydrogen (secondary N) is 1. The van der Waals surface area contributed by atoms with Crippen molar-refractivity contribution in [1.82, 2.24) is 25.0 Å². The van der Waals surface area contributed by atoms with Gasteiger partial charge in [0.1, 0.15) is 5.82 Å². The summed E-state index contributed by atoms with van der Waals surface area (Å²) in [7, 11) is 2.19. The number of nitrogens with zero attached hydrogens (tertiary/aromatic N) is 4. The first-order valence-electron chi connectivity index (χ1n) is 7.20. The lowest BCUT2D eigenvalue weighted by atomic mass is 10.1. The summed E-state index contributed by atoms with van der Waals surface area (Å²) in [5, 5.41) is 6.71. The van der Waals surface area contributed by atoms with Gasteiger partial charge in [0.2, 0.25) is 11.2 Å². The van der Waals surface area contributed by atoms with Crippen molar-refractivity contribution in [1.29, 1.82) is 0 Å². The molecule has 2 fully saturated rings. The summed E-state index contributed by atoms with van der Waals surface area (Å²) in [6.07, 6.45) is 4.61. The third kappa shape index (κ3) is 2.81. The summed E-state index contributed by atoms with van der Waals surface area (Å²) in [5.41, 5.74) is 0. The van der Waals surface area contributed by atoms with E-state index in [2.05, 4.69) is 27.1 Å². The van der Waals surface area contributed by atoms with E-state index in [4.69, 9.17) is 11.6 Å². The maximum Gasteiger partial charge on any atom is 0.242 e. The van der Waals surface area contributed by atoms with Crippen LogP contribution in [0, 0.1) is 0 Å². The first-order valence-corrected chi connectivity index (χ1v) is 7.58. The zero-order valence-electron chi connectivity index (χ0n) is 11.7. The Balaban J connectivity index is 1.55. The summed E-state index contributed by atoms with van der Waals surface area (Å²) in [6, 6.07) is 1.19. The van der Waals surface area contributed by atoms with Crippen molar-refractivity contribution < 1.29 is 4.79 Å². The van der Waals surface area contributed by atoms with Crippen LogP contribution in [0.3, 0.4) is 0 Å². The number of aryl methyl sites for hydroxylation is 1. The van der Waals surface area contributed by atoms with Gasteiger partial charge in [-0.15, -0.1) is 5.10 Å². The normalized spacial score (nSPS) is 26.8. The van der Waals surface area contributed by atoms with Gasteiger partial charge < -0.3 is 4.90 Å². The molecule has 2 saturated heterocycles. The smallest absolute Gasteiger partial charge is 0.242 e. The molecule has 0 unspecified atom stereocenters. The number of hydrogen-bond acceptors (Lipinski definition) is 4. The van der Waals surface area contributed by atoms with Gasteiger partial charge in [0.25, 0.3) is 0 Å². The van der Waals surface area contributed by atoms with Gasteiger partial charge in [-0.2, -0.15) is 0 Å². The Morgan fingerprint density at radius 2 is 2.20 bits per heavy atom. The minimum absolute atomic E-state index is 0.207. The molecule has 1 amide bonds. The fraction of sp³-hybridized carbons (Fsp3) is 0.769. The molecule has 2 aliphatic rings. The van der Waals surface area contributed by atoms with Crippen LogP contribution >= 0.6 is 11.6 Å². The van der Waals surface area contributed by atoms with Gasteiger partial charge in [-0.05, 0) is 37.9 Å². The summed E-state index contributed by atoms with van der Waals surface area (Å²) >= 11 is 5.65. The van der Waals surface area contributed by atoms with Gasteiger partial charge in [0, 0.05) is 38.0 Å². The molecule has 110 valence electrons. The zero-order chi connectivity index (χ0) is 14.1. The summed E-state index contributed by atoms with van der Waals surface area (Å²) in [5.74, 6) is 0.885. The minimum Gasteiger partial charge on any atom is -0.341 e. The molecular formula is C13H20ClN5O. The molecule has 0 saturated carbocycles. The Labute approximate surface area is 123 Å². The summed E-state index contributed by atoms with van der Waals surface area (Å²) < 4.78 is 0. The van der Waals surface area contributed by atoms with E-state index >= 15 is 0 Å². The topological polar surface area (TPSA) is 65.1 Å². The van der Waals surface area contributed by atoms with Crippen LogP contribution in [0.2, 0.25) is 5.28 Å². The molecule has 0 spiro atoms. The van der Waals surface area contributed by atoms with Crippen LogP contribution in [0.1, 0.15) is 31.5 Å². The number of likely N-dealkylation sites (tertiary alicyclic amines) is 1. The SMILES string of the molecule is CN1[C@@H]2CC[C@H]1CN(C(=O)CCc1nc(Cl)n[nH]1)CC2. The zero-order valence-corrected chi connectivity index (χ0v) is 12.4. The van der Waals surface area contributed by atoms with Gasteiger partial charge in [-0.3, -0.25) is 14.8 Å². The van der Waals surface area contributed by atoms with E-state index in [1.165, 1.54) is 12.8 Å². The van der Waals surface area contributed by atoms with E-state index in [0.29, 0.717) is 30.7 Å². The third-order valence-electron chi connectivity index (χ3n) is 4.58. The maximum atomic E-state index is 12.3. The lowest BCUT2D eigenvalue weighted by molar-refractivity contribution is -0.131. The largest absolute Gasteiger partial charge is 0.341 e. The molecule has 20 heavy (non-hydrogen) atoms. The van der Waals surface area contributed by atoms with E-state index in [1.54, 1.807) is 0 Å². The van der Waals surface area contributed by atoms with Crippen molar-refractivity contribution in [3.05, 3.63) is 11.1 Å². The number of aromatic amines is 1. The Kier molecular flexibility index (Phi) is 3.94. The molecule has 0 aliphatic carbocycles. The second kappa shape index (κ2) is 5.69. The van der Waals surface area contributed by atoms with E-state index in [0.717, 1.165) is 19.5 Å². The standard InChI is InChI=1S/C13H20ClN5O/c1-18-9-2-3-10(18)8-19(7-6-9)12(20)5-4-11-15-13(14)17-16-11/h9-10H,2-8H2,1H3,(H,15,16,17)/t9-,10+/m1/s1. The number of hydrogen-bond donors (Lipinski definition) is 1. The molecule has 0 radical (unpaired) electrons. The van der Waals surface area contributed by atoms with E-state index in [-0.39, 0.29) is 11.2 Å².